The van der Waals surface area contributed by atoms with Crippen molar-refractivity contribution in [3.63, 3.8) is 0 Å². The van der Waals surface area contributed by atoms with Crippen molar-refractivity contribution in [3.05, 3.63) is 11.4 Å². The van der Waals surface area contributed by atoms with E-state index in [0.29, 0.717) is 13.0 Å². The number of rotatable bonds is 2. The minimum Gasteiger partial charge on any atom is -0.317 e. The minimum absolute atomic E-state index is 0.150. The summed E-state index contributed by atoms with van der Waals surface area (Å²) in [7, 11) is 0. The fourth-order valence-electron chi connectivity index (χ4n) is 1.86. The van der Waals surface area contributed by atoms with Gasteiger partial charge in [-0.1, -0.05) is 0 Å². The van der Waals surface area contributed by atoms with Gasteiger partial charge in [-0.15, -0.1) is 0 Å². The number of alkyl halides is 1. The third kappa shape index (κ3) is 1.92. The van der Waals surface area contributed by atoms with Crippen LogP contribution in [0.3, 0.4) is 0 Å². The molecule has 2 atom stereocenters. The van der Waals surface area contributed by atoms with Gasteiger partial charge in [0.05, 0.1) is 0 Å². The Balaban J connectivity index is 2.40. The Morgan fingerprint density at radius 1 is 1.73 bits per heavy atom. The van der Waals surface area contributed by atoms with Gasteiger partial charge in [-0.05, 0) is 32.1 Å². The predicted molar refractivity (Wildman–Crippen MR) is 42.9 cm³/mol. The van der Waals surface area contributed by atoms with Crippen LogP contribution in [0.4, 0.5) is 4.39 Å². The van der Waals surface area contributed by atoms with Gasteiger partial charge in [0.15, 0.2) is 0 Å². The second-order valence-corrected chi connectivity index (χ2v) is 3.54. The molecule has 1 rings (SSSR count). The third-order valence-corrected chi connectivity index (χ3v) is 2.66. The highest BCUT2D eigenvalue weighted by Gasteiger charge is 2.38. The van der Waals surface area contributed by atoms with Crippen molar-refractivity contribution in [2.75, 3.05) is 6.54 Å². The lowest BCUT2D eigenvalue weighted by Gasteiger charge is -2.20. The Morgan fingerprint density at radius 3 is 2.91 bits per heavy atom. The highest BCUT2D eigenvalue weighted by Crippen LogP contribution is 2.40. The molecule has 2 heteroatoms. The molecule has 0 aromatic rings. The summed E-state index contributed by atoms with van der Waals surface area (Å²) in [6, 6.07) is 0. The van der Waals surface area contributed by atoms with E-state index in [2.05, 4.69) is 4.85 Å². The molecule has 2 unspecified atom stereocenters. The van der Waals surface area contributed by atoms with Gasteiger partial charge >= 0.3 is 0 Å². The third-order valence-electron chi connectivity index (χ3n) is 2.66. The first-order chi connectivity index (χ1) is 5.17. The standard InChI is InChI=1S/C9H14FN/c1-9(10)6-3-4-8(9)5-7-11-2/h8H,3-7H2,1H3. The topological polar surface area (TPSA) is 4.36 Å². The molecule has 62 valence electrons. The summed E-state index contributed by atoms with van der Waals surface area (Å²) in [6.45, 7) is 8.76. The smallest absolute Gasteiger partial charge is 0.215 e. The summed E-state index contributed by atoms with van der Waals surface area (Å²) in [5.41, 5.74) is -0.981. The normalized spacial score (nSPS) is 37.0. The zero-order valence-electron chi connectivity index (χ0n) is 6.94. The largest absolute Gasteiger partial charge is 0.317 e. The van der Waals surface area contributed by atoms with Crippen LogP contribution in [0.15, 0.2) is 0 Å². The van der Waals surface area contributed by atoms with Gasteiger partial charge < -0.3 is 4.85 Å². The van der Waals surface area contributed by atoms with Gasteiger partial charge in [0, 0.05) is 6.42 Å². The van der Waals surface area contributed by atoms with E-state index in [9.17, 15) is 4.39 Å². The molecule has 1 aliphatic rings. The molecule has 0 aromatic carbocycles. The maximum absolute atomic E-state index is 13.5. The molecular weight excluding hydrogens is 141 g/mol. The number of hydrogen-bond donors (Lipinski definition) is 0. The summed E-state index contributed by atoms with van der Waals surface area (Å²) in [4.78, 5) is 3.25. The van der Waals surface area contributed by atoms with Gasteiger partial charge in [0.2, 0.25) is 6.54 Å². The summed E-state index contributed by atoms with van der Waals surface area (Å²) in [5.74, 6) is 0.150. The van der Waals surface area contributed by atoms with Crippen LogP contribution in [-0.2, 0) is 0 Å². The lowest BCUT2D eigenvalue weighted by molar-refractivity contribution is 0.130. The molecular formula is C9H14FN. The maximum Gasteiger partial charge on any atom is 0.215 e. The van der Waals surface area contributed by atoms with Crippen LogP contribution < -0.4 is 0 Å². The van der Waals surface area contributed by atoms with Crippen LogP contribution in [-0.4, -0.2) is 12.2 Å². The fraction of sp³-hybridized carbons (Fsp3) is 0.889. The SMILES string of the molecule is [C-]#[N+]CCC1CCCC1(C)F. The van der Waals surface area contributed by atoms with Crippen LogP contribution in [0.2, 0.25) is 0 Å². The number of nitrogens with zero attached hydrogens (tertiary/aromatic N) is 1. The highest BCUT2D eigenvalue weighted by molar-refractivity contribution is 4.89. The second kappa shape index (κ2) is 3.21. The molecule has 11 heavy (non-hydrogen) atoms. The molecule has 1 aliphatic carbocycles. The van der Waals surface area contributed by atoms with E-state index < -0.39 is 5.67 Å². The first-order valence-electron chi connectivity index (χ1n) is 4.19. The van der Waals surface area contributed by atoms with Crippen LogP contribution in [0, 0.1) is 12.5 Å². The first-order valence-corrected chi connectivity index (χ1v) is 4.19. The van der Waals surface area contributed by atoms with Crippen LogP contribution in [0.25, 0.3) is 4.85 Å². The Bertz CT molecular complexity index is 169. The zero-order valence-corrected chi connectivity index (χ0v) is 6.94. The van der Waals surface area contributed by atoms with Crippen molar-refractivity contribution in [1.29, 1.82) is 0 Å². The van der Waals surface area contributed by atoms with E-state index in [1.54, 1.807) is 6.92 Å². The molecule has 0 heterocycles. The quantitative estimate of drug-likeness (QED) is 0.540. The van der Waals surface area contributed by atoms with Crippen LogP contribution in [0.1, 0.15) is 32.6 Å². The molecule has 0 amide bonds. The van der Waals surface area contributed by atoms with Crippen LogP contribution in [0.5, 0.6) is 0 Å². The van der Waals surface area contributed by atoms with E-state index in [1.165, 1.54) is 0 Å². The lowest BCUT2D eigenvalue weighted by Crippen LogP contribution is -2.23. The van der Waals surface area contributed by atoms with Crippen molar-refractivity contribution in [2.45, 2.75) is 38.3 Å². The van der Waals surface area contributed by atoms with Gasteiger partial charge in [0.25, 0.3) is 0 Å². The monoisotopic (exact) mass is 155 g/mol. The minimum atomic E-state index is -0.981. The molecule has 0 radical (unpaired) electrons. The average Bonchev–Trinajstić information content (AvgIpc) is 2.25. The van der Waals surface area contributed by atoms with Crippen molar-refractivity contribution in [1.82, 2.24) is 0 Å². The zero-order chi connectivity index (χ0) is 8.32. The summed E-state index contributed by atoms with van der Waals surface area (Å²) < 4.78 is 13.5. The summed E-state index contributed by atoms with van der Waals surface area (Å²) >= 11 is 0. The number of hydrogen-bond acceptors (Lipinski definition) is 0. The Labute approximate surface area is 67.4 Å². The van der Waals surface area contributed by atoms with Crippen molar-refractivity contribution >= 4 is 0 Å². The van der Waals surface area contributed by atoms with Crippen molar-refractivity contribution in [2.24, 2.45) is 5.92 Å². The second-order valence-electron chi connectivity index (χ2n) is 3.54. The predicted octanol–water partition coefficient (Wildman–Crippen LogP) is 2.82. The molecule has 0 aromatic heterocycles. The summed E-state index contributed by atoms with van der Waals surface area (Å²) in [6.07, 6.45) is 3.41. The Kier molecular flexibility index (Phi) is 2.49. The van der Waals surface area contributed by atoms with E-state index in [0.717, 1.165) is 19.3 Å². The van der Waals surface area contributed by atoms with Gasteiger partial charge in [-0.3, -0.25) is 0 Å². The molecule has 1 fully saturated rings. The first kappa shape index (κ1) is 8.52. The molecule has 1 nitrogen and oxygen atoms in total. The number of halogens is 1. The van der Waals surface area contributed by atoms with Gasteiger partial charge in [0.1, 0.15) is 5.67 Å². The molecule has 0 bridgehead atoms. The molecule has 0 spiro atoms. The van der Waals surface area contributed by atoms with Gasteiger partial charge in [-0.25, -0.2) is 11.0 Å². The van der Waals surface area contributed by atoms with E-state index in [4.69, 9.17) is 6.57 Å². The van der Waals surface area contributed by atoms with E-state index in [1.807, 2.05) is 0 Å². The highest BCUT2D eigenvalue weighted by atomic mass is 19.1. The molecule has 0 saturated heterocycles. The van der Waals surface area contributed by atoms with Crippen LogP contribution >= 0.6 is 0 Å². The Hall–Kier alpha value is -0.580. The Morgan fingerprint density at radius 2 is 2.45 bits per heavy atom. The maximum atomic E-state index is 13.5. The molecule has 0 N–H and O–H groups in total. The van der Waals surface area contributed by atoms with Gasteiger partial charge in [-0.2, -0.15) is 0 Å². The van der Waals surface area contributed by atoms with Crippen molar-refractivity contribution in [3.8, 4) is 0 Å². The summed E-state index contributed by atoms with van der Waals surface area (Å²) in [5, 5.41) is 0. The molecule has 0 aliphatic heterocycles. The molecule has 1 saturated carbocycles. The van der Waals surface area contributed by atoms with E-state index >= 15 is 0 Å². The average molecular weight is 155 g/mol. The van der Waals surface area contributed by atoms with Crippen molar-refractivity contribution < 1.29 is 4.39 Å². The fourth-order valence-corrected chi connectivity index (χ4v) is 1.86. The lowest BCUT2D eigenvalue weighted by atomic mass is 9.92. The van der Waals surface area contributed by atoms with E-state index in [-0.39, 0.29) is 5.92 Å².